The summed E-state index contributed by atoms with van der Waals surface area (Å²) in [7, 11) is 0. The maximum Gasteiger partial charge on any atom is 0.162 e. The number of aromatic nitrogens is 3. The standard InChI is InChI=1S/C11H14N4/c1-9-4-3-7-14(9)11-6-2-5-10-13-12-8-15(10)11/h2,5-6,8-9H,3-4,7H2,1H3. The highest BCUT2D eigenvalue weighted by Crippen LogP contribution is 2.25. The third-order valence-electron chi connectivity index (χ3n) is 3.16. The van der Waals surface area contributed by atoms with Crippen LogP contribution in [0.15, 0.2) is 24.5 Å². The Labute approximate surface area is 88.5 Å². The molecule has 1 aliphatic rings. The maximum atomic E-state index is 4.06. The molecule has 0 N–H and O–H groups in total. The van der Waals surface area contributed by atoms with Crippen molar-refractivity contribution in [1.82, 2.24) is 14.6 Å². The number of pyridine rings is 1. The van der Waals surface area contributed by atoms with Crippen molar-refractivity contribution in [2.45, 2.75) is 25.8 Å². The fourth-order valence-corrected chi connectivity index (χ4v) is 2.34. The van der Waals surface area contributed by atoms with Gasteiger partial charge in [-0.25, -0.2) is 0 Å². The van der Waals surface area contributed by atoms with Crippen LogP contribution in [0.5, 0.6) is 0 Å². The molecule has 2 aromatic heterocycles. The molecule has 0 saturated carbocycles. The van der Waals surface area contributed by atoms with Crippen LogP contribution in [0, 0.1) is 0 Å². The Morgan fingerprint density at radius 2 is 2.33 bits per heavy atom. The molecule has 3 rings (SSSR count). The van der Waals surface area contributed by atoms with E-state index in [2.05, 4.69) is 32.5 Å². The van der Waals surface area contributed by atoms with Crippen LogP contribution in [0.2, 0.25) is 0 Å². The predicted molar refractivity (Wildman–Crippen MR) is 59.0 cm³/mol. The molecule has 2 aromatic rings. The molecule has 1 saturated heterocycles. The summed E-state index contributed by atoms with van der Waals surface area (Å²) in [5.74, 6) is 1.21. The van der Waals surface area contributed by atoms with Gasteiger partial charge < -0.3 is 4.90 Å². The molecule has 1 atom stereocenters. The molecular weight excluding hydrogens is 188 g/mol. The first-order valence-corrected chi connectivity index (χ1v) is 5.41. The number of anilines is 1. The molecule has 1 unspecified atom stereocenters. The molecule has 4 heteroatoms. The van der Waals surface area contributed by atoms with Gasteiger partial charge in [-0.15, -0.1) is 10.2 Å². The lowest BCUT2D eigenvalue weighted by Gasteiger charge is -2.24. The van der Waals surface area contributed by atoms with Gasteiger partial charge in [-0.1, -0.05) is 6.07 Å². The van der Waals surface area contributed by atoms with Gasteiger partial charge in [-0.05, 0) is 31.9 Å². The Morgan fingerprint density at radius 3 is 3.13 bits per heavy atom. The highest BCUT2D eigenvalue weighted by molar-refractivity contribution is 5.51. The number of rotatable bonds is 1. The van der Waals surface area contributed by atoms with Crippen LogP contribution in [0.3, 0.4) is 0 Å². The predicted octanol–water partition coefficient (Wildman–Crippen LogP) is 1.72. The van der Waals surface area contributed by atoms with Gasteiger partial charge in [0.15, 0.2) is 5.65 Å². The van der Waals surface area contributed by atoms with Crippen LogP contribution in [-0.4, -0.2) is 27.2 Å². The fourth-order valence-electron chi connectivity index (χ4n) is 2.34. The first-order chi connectivity index (χ1) is 7.36. The smallest absolute Gasteiger partial charge is 0.162 e. The van der Waals surface area contributed by atoms with Gasteiger partial charge in [0, 0.05) is 12.6 Å². The number of hydrogen-bond acceptors (Lipinski definition) is 3. The molecule has 1 fully saturated rings. The Hall–Kier alpha value is -1.58. The average Bonchev–Trinajstić information content (AvgIpc) is 2.85. The summed E-state index contributed by atoms with van der Waals surface area (Å²) < 4.78 is 2.06. The molecule has 0 spiro atoms. The SMILES string of the molecule is CC1CCCN1c1cccc2nncn12. The summed E-state index contributed by atoms with van der Waals surface area (Å²) in [5, 5.41) is 8.01. The minimum absolute atomic E-state index is 0.623. The van der Waals surface area contributed by atoms with Crippen LogP contribution in [-0.2, 0) is 0 Å². The fraction of sp³-hybridized carbons (Fsp3) is 0.455. The summed E-state index contributed by atoms with van der Waals surface area (Å²) in [6.45, 7) is 3.41. The summed E-state index contributed by atoms with van der Waals surface area (Å²) in [4.78, 5) is 2.43. The van der Waals surface area contributed by atoms with Gasteiger partial charge in [0.05, 0.1) is 0 Å². The van der Waals surface area contributed by atoms with E-state index in [-0.39, 0.29) is 0 Å². The third-order valence-corrected chi connectivity index (χ3v) is 3.16. The van der Waals surface area contributed by atoms with Crippen molar-refractivity contribution in [3.8, 4) is 0 Å². The van der Waals surface area contributed by atoms with E-state index in [0.29, 0.717) is 6.04 Å². The highest BCUT2D eigenvalue weighted by Gasteiger charge is 2.22. The second-order valence-electron chi connectivity index (χ2n) is 4.13. The van der Waals surface area contributed by atoms with Gasteiger partial charge >= 0.3 is 0 Å². The second-order valence-corrected chi connectivity index (χ2v) is 4.13. The molecule has 0 aromatic carbocycles. The van der Waals surface area contributed by atoms with Gasteiger partial charge in [-0.3, -0.25) is 4.40 Å². The van der Waals surface area contributed by atoms with Crippen LogP contribution in [0.1, 0.15) is 19.8 Å². The Kier molecular flexibility index (Phi) is 1.87. The van der Waals surface area contributed by atoms with E-state index in [1.165, 1.54) is 18.7 Å². The largest absolute Gasteiger partial charge is 0.355 e. The highest BCUT2D eigenvalue weighted by atomic mass is 15.3. The first kappa shape index (κ1) is 8.71. The zero-order valence-corrected chi connectivity index (χ0v) is 8.80. The topological polar surface area (TPSA) is 33.4 Å². The van der Waals surface area contributed by atoms with Crippen molar-refractivity contribution in [3.05, 3.63) is 24.5 Å². The van der Waals surface area contributed by atoms with Crippen molar-refractivity contribution in [3.63, 3.8) is 0 Å². The van der Waals surface area contributed by atoms with Gasteiger partial charge in [0.25, 0.3) is 0 Å². The summed E-state index contributed by atoms with van der Waals surface area (Å²) in [6, 6.07) is 6.79. The Morgan fingerprint density at radius 1 is 1.40 bits per heavy atom. The lowest BCUT2D eigenvalue weighted by Crippen LogP contribution is -2.27. The minimum atomic E-state index is 0.623. The van der Waals surface area contributed by atoms with E-state index in [1.54, 1.807) is 6.33 Å². The quantitative estimate of drug-likeness (QED) is 0.706. The monoisotopic (exact) mass is 202 g/mol. The van der Waals surface area contributed by atoms with Crippen molar-refractivity contribution in [2.24, 2.45) is 0 Å². The zero-order valence-electron chi connectivity index (χ0n) is 8.80. The second kappa shape index (κ2) is 3.22. The Bertz CT molecular complexity index is 476. The van der Waals surface area contributed by atoms with Gasteiger partial charge in [-0.2, -0.15) is 0 Å². The lowest BCUT2D eigenvalue weighted by atomic mass is 10.2. The van der Waals surface area contributed by atoms with E-state index in [0.717, 1.165) is 12.2 Å². The van der Waals surface area contributed by atoms with Crippen LogP contribution in [0.25, 0.3) is 5.65 Å². The average molecular weight is 202 g/mol. The summed E-state index contributed by atoms with van der Waals surface area (Å²) >= 11 is 0. The van der Waals surface area contributed by atoms with Crippen LogP contribution >= 0.6 is 0 Å². The maximum absolute atomic E-state index is 4.06. The Balaban J connectivity index is 2.13. The summed E-state index contributed by atoms with van der Waals surface area (Å²) in [6.07, 6.45) is 4.34. The van der Waals surface area contributed by atoms with E-state index < -0.39 is 0 Å². The van der Waals surface area contributed by atoms with Gasteiger partial charge in [0.1, 0.15) is 12.1 Å². The van der Waals surface area contributed by atoms with Crippen molar-refractivity contribution in [2.75, 3.05) is 11.4 Å². The molecule has 0 radical (unpaired) electrons. The molecule has 0 amide bonds. The van der Waals surface area contributed by atoms with Gasteiger partial charge in [0.2, 0.25) is 0 Å². The molecular formula is C11H14N4. The van der Waals surface area contributed by atoms with Crippen molar-refractivity contribution < 1.29 is 0 Å². The molecule has 4 nitrogen and oxygen atoms in total. The minimum Gasteiger partial charge on any atom is -0.355 e. The lowest BCUT2D eigenvalue weighted by molar-refractivity contribution is 0.723. The third kappa shape index (κ3) is 1.28. The summed E-state index contributed by atoms with van der Waals surface area (Å²) in [5.41, 5.74) is 0.923. The first-order valence-electron chi connectivity index (χ1n) is 5.41. The number of hydrogen-bond donors (Lipinski definition) is 0. The molecule has 3 heterocycles. The molecule has 0 aliphatic carbocycles. The van der Waals surface area contributed by atoms with E-state index in [1.807, 2.05) is 12.1 Å². The number of fused-ring (bicyclic) bond motifs is 1. The molecule has 1 aliphatic heterocycles. The van der Waals surface area contributed by atoms with E-state index in [9.17, 15) is 0 Å². The van der Waals surface area contributed by atoms with E-state index >= 15 is 0 Å². The van der Waals surface area contributed by atoms with Crippen molar-refractivity contribution >= 4 is 11.5 Å². The van der Waals surface area contributed by atoms with Crippen LogP contribution < -0.4 is 4.90 Å². The number of nitrogens with zero attached hydrogens (tertiary/aromatic N) is 4. The molecule has 15 heavy (non-hydrogen) atoms. The zero-order chi connectivity index (χ0) is 10.3. The van der Waals surface area contributed by atoms with Crippen LogP contribution in [0.4, 0.5) is 5.82 Å². The van der Waals surface area contributed by atoms with Crippen molar-refractivity contribution in [1.29, 1.82) is 0 Å². The van der Waals surface area contributed by atoms with E-state index in [4.69, 9.17) is 0 Å². The normalized spacial score (nSPS) is 21.4. The molecule has 78 valence electrons. The molecule has 0 bridgehead atoms.